The van der Waals surface area contributed by atoms with Crippen molar-refractivity contribution in [3.05, 3.63) is 42.0 Å². The third kappa shape index (κ3) is 4.09. The van der Waals surface area contributed by atoms with E-state index in [2.05, 4.69) is 20.2 Å². The van der Waals surface area contributed by atoms with Crippen LogP contribution in [0.2, 0.25) is 0 Å². The van der Waals surface area contributed by atoms with Crippen molar-refractivity contribution in [2.24, 2.45) is 0 Å². The molecule has 2 aliphatic rings. The first-order chi connectivity index (χ1) is 14.8. The van der Waals surface area contributed by atoms with Crippen LogP contribution in [0, 0.1) is 0 Å². The van der Waals surface area contributed by atoms with Crippen LogP contribution in [0.5, 0.6) is 0 Å². The number of piperidine rings is 2. The minimum atomic E-state index is -0.0555. The maximum Gasteiger partial charge on any atom is 0.276 e. The summed E-state index contributed by atoms with van der Waals surface area (Å²) in [5.41, 5.74) is 2.09. The molecule has 2 aromatic heterocycles. The first-order valence-corrected chi connectivity index (χ1v) is 11.0. The van der Waals surface area contributed by atoms with E-state index in [1.807, 2.05) is 29.2 Å². The van der Waals surface area contributed by atoms with Gasteiger partial charge in [0, 0.05) is 19.6 Å². The van der Waals surface area contributed by atoms with E-state index in [1.54, 1.807) is 10.9 Å². The molecule has 8 nitrogen and oxygen atoms in total. The molecule has 5 rings (SSSR count). The van der Waals surface area contributed by atoms with Gasteiger partial charge >= 0.3 is 0 Å². The first-order valence-electron chi connectivity index (χ1n) is 11.0. The Bertz CT molecular complexity index is 973. The summed E-state index contributed by atoms with van der Waals surface area (Å²) < 4.78 is 7.74. The summed E-state index contributed by atoms with van der Waals surface area (Å²) in [7, 11) is 0. The molecule has 0 aliphatic carbocycles. The van der Waals surface area contributed by atoms with Crippen molar-refractivity contribution < 1.29 is 9.21 Å². The molecule has 1 aromatic carbocycles. The number of amides is 1. The summed E-state index contributed by atoms with van der Waals surface area (Å²) in [6.45, 7) is 5.38. The molecular weight excluding hydrogens is 380 g/mol. The van der Waals surface area contributed by atoms with Gasteiger partial charge in [-0.2, -0.15) is 0 Å². The molecule has 2 aliphatic heterocycles. The number of aromatic nitrogens is 4. The van der Waals surface area contributed by atoms with Crippen molar-refractivity contribution >= 4 is 17.0 Å². The lowest BCUT2D eigenvalue weighted by molar-refractivity contribution is 0.0693. The van der Waals surface area contributed by atoms with E-state index in [4.69, 9.17) is 4.42 Å². The highest BCUT2D eigenvalue weighted by atomic mass is 16.3. The van der Waals surface area contributed by atoms with Crippen LogP contribution in [-0.4, -0.2) is 68.4 Å². The largest absolute Gasteiger partial charge is 0.440 e. The summed E-state index contributed by atoms with van der Waals surface area (Å²) in [5, 5.41) is 8.34. The Kier molecular flexibility index (Phi) is 5.48. The maximum absolute atomic E-state index is 13.0. The number of carbonyl (C=O) groups is 1. The van der Waals surface area contributed by atoms with Gasteiger partial charge in [0.2, 0.25) is 0 Å². The van der Waals surface area contributed by atoms with Crippen LogP contribution in [-0.2, 0) is 6.54 Å². The van der Waals surface area contributed by atoms with Crippen LogP contribution in [0.4, 0.5) is 0 Å². The van der Waals surface area contributed by atoms with Crippen LogP contribution in [0.15, 0.2) is 34.9 Å². The van der Waals surface area contributed by atoms with Crippen LogP contribution in [0.3, 0.4) is 0 Å². The second kappa shape index (κ2) is 8.55. The molecule has 1 unspecified atom stereocenters. The van der Waals surface area contributed by atoms with Gasteiger partial charge in [-0.15, -0.1) is 5.10 Å². The normalized spacial score (nSPS) is 20.7. The smallest absolute Gasteiger partial charge is 0.276 e. The minimum Gasteiger partial charge on any atom is -0.440 e. The predicted octanol–water partition coefficient (Wildman–Crippen LogP) is 2.93. The number of rotatable bonds is 5. The van der Waals surface area contributed by atoms with Gasteiger partial charge in [0.25, 0.3) is 5.91 Å². The van der Waals surface area contributed by atoms with Gasteiger partial charge < -0.3 is 14.2 Å². The van der Waals surface area contributed by atoms with Crippen molar-refractivity contribution in [1.29, 1.82) is 0 Å². The van der Waals surface area contributed by atoms with Crippen molar-refractivity contribution in [2.45, 2.75) is 44.6 Å². The fraction of sp³-hybridized carbons (Fsp3) is 0.545. The van der Waals surface area contributed by atoms with E-state index >= 15 is 0 Å². The number of nitrogens with zero attached hydrogens (tertiary/aromatic N) is 6. The summed E-state index contributed by atoms with van der Waals surface area (Å²) in [6, 6.07) is 7.79. The average molecular weight is 409 g/mol. The number of hydrogen-bond donors (Lipinski definition) is 0. The fourth-order valence-electron chi connectivity index (χ4n) is 4.52. The SMILES string of the molecule is O=C(c1cn(CCN2CCCCC2)nn1)N1CCCC(c2nc3ccccc3o2)C1. The summed E-state index contributed by atoms with van der Waals surface area (Å²) >= 11 is 0. The number of hydrogen-bond acceptors (Lipinski definition) is 6. The number of likely N-dealkylation sites (tertiary alicyclic amines) is 2. The molecule has 1 amide bonds. The second-order valence-corrected chi connectivity index (χ2v) is 8.38. The molecule has 158 valence electrons. The molecule has 0 saturated carbocycles. The maximum atomic E-state index is 13.0. The third-order valence-corrected chi connectivity index (χ3v) is 6.22. The Morgan fingerprint density at radius 3 is 2.80 bits per heavy atom. The van der Waals surface area contributed by atoms with Crippen molar-refractivity contribution in [3.8, 4) is 0 Å². The fourth-order valence-corrected chi connectivity index (χ4v) is 4.52. The quantitative estimate of drug-likeness (QED) is 0.646. The van der Waals surface area contributed by atoms with Gasteiger partial charge in [0.1, 0.15) is 5.52 Å². The van der Waals surface area contributed by atoms with Gasteiger partial charge in [-0.1, -0.05) is 23.8 Å². The zero-order valence-corrected chi connectivity index (χ0v) is 17.2. The topological polar surface area (TPSA) is 80.3 Å². The summed E-state index contributed by atoms with van der Waals surface area (Å²) in [6.07, 6.45) is 7.57. The zero-order chi connectivity index (χ0) is 20.3. The van der Waals surface area contributed by atoms with Gasteiger partial charge in [-0.25, -0.2) is 4.98 Å². The molecule has 0 spiro atoms. The molecule has 0 bridgehead atoms. The Labute approximate surface area is 175 Å². The van der Waals surface area contributed by atoms with E-state index in [-0.39, 0.29) is 11.8 Å². The number of para-hydroxylation sites is 2. The second-order valence-electron chi connectivity index (χ2n) is 8.38. The lowest BCUT2D eigenvalue weighted by Gasteiger charge is -2.30. The van der Waals surface area contributed by atoms with E-state index in [0.29, 0.717) is 12.2 Å². The van der Waals surface area contributed by atoms with Gasteiger partial charge in [0.15, 0.2) is 17.2 Å². The zero-order valence-electron chi connectivity index (χ0n) is 17.2. The van der Waals surface area contributed by atoms with Crippen molar-refractivity contribution in [3.63, 3.8) is 0 Å². The lowest BCUT2D eigenvalue weighted by atomic mass is 9.98. The molecule has 8 heteroatoms. The number of benzene rings is 1. The number of oxazole rings is 1. The molecule has 0 N–H and O–H groups in total. The highest BCUT2D eigenvalue weighted by Gasteiger charge is 2.29. The molecule has 2 fully saturated rings. The van der Waals surface area contributed by atoms with Gasteiger partial charge in [-0.05, 0) is 50.9 Å². The molecule has 30 heavy (non-hydrogen) atoms. The highest BCUT2D eigenvalue weighted by Crippen LogP contribution is 2.29. The first kappa shape index (κ1) is 19.2. The molecule has 4 heterocycles. The number of carbonyl (C=O) groups excluding carboxylic acids is 1. The summed E-state index contributed by atoms with van der Waals surface area (Å²) in [4.78, 5) is 22.0. The lowest BCUT2D eigenvalue weighted by Crippen LogP contribution is -2.39. The van der Waals surface area contributed by atoms with E-state index in [9.17, 15) is 4.79 Å². The Hall–Kier alpha value is -2.74. The van der Waals surface area contributed by atoms with E-state index in [1.165, 1.54) is 19.3 Å². The molecule has 1 atom stereocenters. The Morgan fingerprint density at radius 2 is 1.93 bits per heavy atom. The van der Waals surface area contributed by atoms with Crippen LogP contribution < -0.4 is 0 Å². The van der Waals surface area contributed by atoms with Gasteiger partial charge in [-0.3, -0.25) is 9.48 Å². The Morgan fingerprint density at radius 1 is 1.07 bits per heavy atom. The van der Waals surface area contributed by atoms with Gasteiger partial charge in [0.05, 0.1) is 18.7 Å². The van der Waals surface area contributed by atoms with E-state index in [0.717, 1.165) is 62.6 Å². The molecule has 0 radical (unpaired) electrons. The predicted molar refractivity (Wildman–Crippen MR) is 112 cm³/mol. The minimum absolute atomic E-state index is 0.0555. The standard InChI is InChI=1S/C22H28N6O2/c29-22(19-16-28(25-24-19)14-13-26-10-4-1-5-11-26)27-12-6-7-17(15-27)21-23-18-8-2-3-9-20(18)30-21/h2-3,8-9,16-17H,1,4-7,10-15H2. The third-order valence-electron chi connectivity index (χ3n) is 6.22. The van der Waals surface area contributed by atoms with Crippen LogP contribution in [0.25, 0.3) is 11.1 Å². The molecule has 2 saturated heterocycles. The molecular formula is C22H28N6O2. The Balaban J connectivity index is 1.22. The molecule has 3 aromatic rings. The van der Waals surface area contributed by atoms with E-state index < -0.39 is 0 Å². The van der Waals surface area contributed by atoms with Crippen molar-refractivity contribution in [1.82, 2.24) is 29.8 Å². The monoisotopic (exact) mass is 408 g/mol. The summed E-state index contributed by atoms with van der Waals surface area (Å²) in [5.74, 6) is 0.781. The van der Waals surface area contributed by atoms with Crippen LogP contribution in [0.1, 0.15) is 54.4 Å². The van der Waals surface area contributed by atoms with Crippen molar-refractivity contribution in [2.75, 3.05) is 32.7 Å². The van der Waals surface area contributed by atoms with Crippen LogP contribution >= 0.6 is 0 Å². The highest BCUT2D eigenvalue weighted by molar-refractivity contribution is 5.92. The average Bonchev–Trinajstić information content (AvgIpc) is 3.45. The number of fused-ring (bicyclic) bond motifs is 1.